The molecular formula is C33H24. The van der Waals surface area contributed by atoms with Crippen molar-refractivity contribution >= 4 is 39.8 Å². The third-order valence-corrected chi connectivity index (χ3v) is 7.28. The standard InChI is InChI=1S/C33H24/c1-2-11-22(12-3-1)32-27-16-6-8-18-29(27)33(30-19-9-7-17-28(30)32)31-21-23-13-10-20-24(23)25-14-4-5-15-26(25)31/h1-6,8,10-12,14-21H,7,9,13H2. The summed E-state index contributed by atoms with van der Waals surface area (Å²) in [7, 11) is 0. The van der Waals surface area contributed by atoms with Gasteiger partial charge in [0.15, 0.2) is 0 Å². The second kappa shape index (κ2) is 7.32. The first-order chi connectivity index (χ1) is 16.4. The first kappa shape index (κ1) is 18.7. The van der Waals surface area contributed by atoms with E-state index < -0.39 is 0 Å². The maximum Gasteiger partial charge on any atom is -0.00233 e. The van der Waals surface area contributed by atoms with Crippen molar-refractivity contribution in [2.45, 2.75) is 19.3 Å². The van der Waals surface area contributed by atoms with Crippen LogP contribution < -0.4 is 10.4 Å². The van der Waals surface area contributed by atoms with E-state index in [-0.39, 0.29) is 0 Å². The van der Waals surface area contributed by atoms with Crippen molar-refractivity contribution in [2.24, 2.45) is 0 Å². The lowest BCUT2D eigenvalue weighted by atomic mass is 9.84. The molecule has 0 nitrogen and oxygen atoms in total. The highest BCUT2D eigenvalue weighted by Crippen LogP contribution is 2.39. The van der Waals surface area contributed by atoms with Crippen molar-refractivity contribution < 1.29 is 0 Å². The number of rotatable bonds is 2. The zero-order chi connectivity index (χ0) is 21.8. The third kappa shape index (κ3) is 2.77. The van der Waals surface area contributed by atoms with Crippen LogP contribution in [0.4, 0.5) is 0 Å². The zero-order valence-corrected chi connectivity index (χ0v) is 18.5. The van der Waals surface area contributed by atoms with E-state index in [0.29, 0.717) is 0 Å². The Balaban J connectivity index is 1.70. The van der Waals surface area contributed by atoms with Gasteiger partial charge in [-0.15, -0.1) is 0 Å². The van der Waals surface area contributed by atoms with Gasteiger partial charge in [0, 0.05) is 0 Å². The lowest BCUT2D eigenvalue weighted by Crippen LogP contribution is -2.31. The fourth-order valence-electron chi connectivity index (χ4n) is 5.90. The van der Waals surface area contributed by atoms with Gasteiger partial charge in [0.25, 0.3) is 0 Å². The van der Waals surface area contributed by atoms with Gasteiger partial charge in [-0.05, 0) is 90.7 Å². The molecule has 0 spiro atoms. The van der Waals surface area contributed by atoms with Gasteiger partial charge in [-0.1, -0.05) is 103 Å². The molecule has 0 radical (unpaired) electrons. The van der Waals surface area contributed by atoms with E-state index in [2.05, 4.69) is 109 Å². The van der Waals surface area contributed by atoms with Gasteiger partial charge in [-0.25, -0.2) is 0 Å². The Morgan fingerprint density at radius 1 is 0.545 bits per heavy atom. The minimum atomic E-state index is 1.02. The van der Waals surface area contributed by atoms with Crippen molar-refractivity contribution in [2.75, 3.05) is 0 Å². The number of hydrogen-bond donors (Lipinski definition) is 0. The molecule has 0 unspecified atom stereocenters. The maximum atomic E-state index is 2.48. The van der Waals surface area contributed by atoms with Crippen LogP contribution in [-0.4, -0.2) is 0 Å². The molecule has 0 heterocycles. The monoisotopic (exact) mass is 420 g/mol. The van der Waals surface area contributed by atoms with Crippen LogP contribution in [0.2, 0.25) is 0 Å². The molecule has 5 aromatic rings. The van der Waals surface area contributed by atoms with Crippen molar-refractivity contribution in [3.63, 3.8) is 0 Å². The number of hydrogen-bond acceptors (Lipinski definition) is 0. The van der Waals surface area contributed by atoms with Crippen LogP contribution in [0.1, 0.15) is 24.0 Å². The third-order valence-electron chi connectivity index (χ3n) is 7.28. The normalized spacial score (nSPS) is 14.1. The van der Waals surface area contributed by atoms with E-state index in [4.69, 9.17) is 0 Å². The van der Waals surface area contributed by atoms with Gasteiger partial charge in [0.1, 0.15) is 0 Å². The van der Waals surface area contributed by atoms with Crippen molar-refractivity contribution in [1.29, 1.82) is 0 Å². The van der Waals surface area contributed by atoms with E-state index in [0.717, 1.165) is 19.3 Å². The molecule has 0 aromatic heterocycles. The summed E-state index contributed by atoms with van der Waals surface area (Å²) in [6.45, 7) is 0. The van der Waals surface area contributed by atoms with Crippen molar-refractivity contribution in [1.82, 2.24) is 0 Å². The van der Waals surface area contributed by atoms with Gasteiger partial charge in [0.05, 0.1) is 0 Å². The van der Waals surface area contributed by atoms with Crippen LogP contribution in [0.25, 0.3) is 62.0 Å². The van der Waals surface area contributed by atoms with E-state index in [1.807, 2.05) is 0 Å². The second-order valence-electron chi connectivity index (χ2n) is 9.12. The fraction of sp³-hybridized carbons (Fsp3) is 0.0909. The highest BCUT2D eigenvalue weighted by Gasteiger charge is 2.19. The first-order valence-corrected chi connectivity index (χ1v) is 11.9. The zero-order valence-electron chi connectivity index (χ0n) is 18.5. The summed E-state index contributed by atoms with van der Waals surface area (Å²) in [6, 6.07) is 31.3. The van der Waals surface area contributed by atoms with Gasteiger partial charge in [-0.2, -0.15) is 0 Å². The van der Waals surface area contributed by atoms with E-state index in [9.17, 15) is 0 Å². The predicted molar refractivity (Wildman–Crippen MR) is 142 cm³/mol. The number of allylic oxidation sites excluding steroid dienone is 1. The second-order valence-corrected chi connectivity index (χ2v) is 9.12. The molecule has 0 heteroatoms. The minimum Gasteiger partial charge on any atom is -0.0795 e. The van der Waals surface area contributed by atoms with Crippen LogP contribution in [0.3, 0.4) is 0 Å². The summed E-state index contributed by atoms with van der Waals surface area (Å²) < 4.78 is 0. The molecule has 7 rings (SSSR count). The Labute approximate surface area is 193 Å². The summed E-state index contributed by atoms with van der Waals surface area (Å²) in [5, 5.41) is 8.19. The molecule has 0 fully saturated rings. The number of fused-ring (bicyclic) bond motifs is 5. The largest absolute Gasteiger partial charge is 0.0795 e. The van der Waals surface area contributed by atoms with Crippen LogP contribution in [-0.2, 0) is 6.42 Å². The Morgan fingerprint density at radius 3 is 1.91 bits per heavy atom. The van der Waals surface area contributed by atoms with Crippen molar-refractivity contribution in [3.05, 3.63) is 113 Å². The summed E-state index contributed by atoms with van der Waals surface area (Å²) in [6.07, 6.45) is 12.7. The minimum absolute atomic E-state index is 1.02. The van der Waals surface area contributed by atoms with Gasteiger partial charge in [0.2, 0.25) is 0 Å². The molecule has 33 heavy (non-hydrogen) atoms. The lowest BCUT2D eigenvalue weighted by Gasteiger charge is -2.19. The van der Waals surface area contributed by atoms with Crippen molar-refractivity contribution in [3.8, 4) is 22.3 Å². The molecule has 2 aliphatic carbocycles. The van der Waals surface area contributed by atoms with Gasteiger partial charge in [-0.3, -0.25) is 0 Å². The van der Waals surface area contributed by atoms with Crippen LogP contribution in [0.15, 0.2) is 91.0 Å². The smallest absolute Gasteiger partial charge is 0.00233 e. The van der Waals surface area contributed by atoms with Crippen LogP contribution in [0, 0.1) is 0 Å². The Hall–Kier alpha value is -3.90. The molecule has 0 saturated carbocycles. The van der Waals surface area contributed by atoms with Crippen LogP contribution >= 0.6 is 0 Å². The maximum absolute atomic E-state index is 2.48. The van der Waals surface area contributed by atoms with E-state index >= 15 is 0 Å². The molecule has 0 bridgehead atoms. The fourth-order valence-corrected chi connectivity index (χ4v) is 5.90. The average molecular weight is 421 g/mol. The highest BCUT2D eigenvalue weighted by molar-refractivity contribution is 6.12. The number of benzene rings is 5. The molecule has 5 aromatic carbocycles. The molecule has 0 atom stereocenters. The predicted octanol–water partition coefficient (Wildman–Crippen LogP) is 7.25. The first-order valence-electron chi connectivity index (χ1n) is 11.9. The molecule has 2 aliphatic rings. The van der Waals surface area contributed by atoms with Gasteiger partial charge < -0.3 is 0 Å². The van der Waals surface area contributed by atoms with E-state index in [1.54, 1.807) is 0 Å². The molecule has 0 saturated heterocycles. The topological polar surface area (TPSA) is 0 Å². The Morgan fingerprint density at radius 2 is 1.15 bits per heavy atom. The average Bonchev–Trinajstić information content (AvgIpc) is 3.36. The molecule has 156 valence electrons. The summed E-state index contributed by atoms with van der Waals surface area (Å²) in [5.74, 6) is 0. The summed E-state index contributed by atoms with van der Waals surface area (Å²) >= 11 is 0. The van der Waals surface area contributed by atoms with Gasteiger partial charge >= 0.3 is 0 Å². The quantitative estimate of drug-likeness (QED) is 0.282. The summed E-state index contributed by atoms with van der Waals surface area (Å²) in [5.41, 5.74) is 8.25. The molecular weight excluding hydrogens is 396 g/mol. The SMILES string of the molecule is C1=Cc2c(cc(-c3c4c(c(-c5ccccc5)c5ccccc35)=CCCC=4)c3ccccc23)C1. The summed E-state index contributed by atoms with van der Waals surface area (Å²) in [4.78, 5) is 0. The molecule has 0 amide bonds. The Kier molecular flexibility index (Phi) is 4.14. The molecule has 0 aliphatic heterocycles. The Bertz CT molecular complexity index is 1720. The lowest BCUT2D eigenvalue weighted by molar-refractivity contribution is 1.12. The van der Waals surface area contributed by atoms with Crippen LogP contribution in [0.5, 0.6) is 0 Å². The molecule has 0 N–H and O–H groups in total. The van der Waals surface area contributed by atoms with E-state index in [1.165, 1.54) is 65.4 Å². The highest BCUT2D eigenvalue weighted by atomic mass is 14.2.